The fraction of sp³-hybridized carbons (Fsp3) is 0.467. The molecular formula is C15H20N2O3. The first kappa shape index (κ1) is 14.5. The van der Waals surface area contributed by atoms with E-state index in [9.17, 15) is 9.59 Å². The van der Waals surface area contributed by atoms with Gasteiger partial charge in [0.25, 0.3) is 5.91 Å². The number of carbonyl (C=O) groups excluding carboxylic acids is 2. The van der Waals surface area contributed by atoms with Crippen LogP contribution in [0.25, 0.3) is 0 Å². The molecule has 108 valence electrons. The molecular weight excluding hydrogens is 256 g/mol. The Morgan fingerprint density at radius 2 is 2.20 bits per heavy atom. The lowest BCUT2D eigenvalue weighted by molar-refractivity contribution is -0.125. The van der Waals surface area contributed by atoms with Crippen LogP contribution >= 0.6 is 0 Å². The Balaban J connectivity index is 1.93. The smallest absolute Gasteiger partial charge is 0.255 e. The van der Waals surface area contributed by atoms with Gasteiger partial charge >= 0.3 is 0 Å². The molecule has 5 heteroatoms. The fourth-order valence-corrected chi connectivity index (χ4v) is 2.31. The van der Waals surface area contributed by atoms with Crippen LogP contribution in [0.3, 0.4) is 0 Å². The molecule has 1 aliphatic rings. The molecule has 1 heterocycles. The molecule has 0 spiro atoms. The van der Waals surface area contributed by atoms with Crippen molar-refractivity contribution in [1.29, 1.82) is 0 Å². The lowest BCUT2D eigenvalue weighted by atomic mass is 10.1. The van der Waals surface area contributed by atoms with E-state index in [0.717, 1.165) is 12.0 Å². The highest BCUT2D eigenvalue weighted by molar-refractivity contribution is 6.00. The molecule has 0 aromatic heterocycles. The minimum absolute atomic E-state index is 0.0693. The summed E-state index contributed by atoms with van der Waals surface area (Å²) in [5.74, 6) is -0.192. The van der Waals surface area contributed by atoms with Crippen LogP contribution in [0.2, 0.25) is 0 Å². The Labute approximate surface area is 118 Å². The molecule has 0 bridgehead atoms. The minimum atomic E-state index is -0.461. The second kappa shape index (κ2) is 6.52. The fourth-order valence-electron chi connectivity index (χ4n) is 2.31. The molecule has 0 saturated heterocycles. The number of nitrogens with one attached hydrogen (secondary N) is 1. The van der Waals surface area contributed by atoms with Crippen molar-refractivity contribution in [3.63, 3.8) is 0 Å². The summed E-state index contributed by atoms with van der Waals surface area (Å²) in [6, 6.07) is 7.02. The van der Waals surface area contributed by atoms with Crippen molar-refractivity contribution in [3.05, 3.63) is 35.4 Å². The highest BCUT2D eigenvalue weighted by Crippen LogP contribution is 2.24. The standard InChI is InChI=1S/C15H20N2O3/c1-11(14(18)16-8-5-9-20-2)17-10-12-6-3-4-7-13(12)15(17)19/h3-4,6-7,11H,5,8-10H2,1-2H3,(H,16,18)/t11-/m0/s1. The number of fused-ring (bicyclic) bond motifs is 1. The van der Waals surface area contributed by atoms with Crippen molar-refractivity contribution in [2.75, 3.05) is 20.3 Å². The topological polar surface area (TPSA) is 58.6 Å². The van der Waals surface area contributed by atoms with E-state index in [1.54, 1.807) is 25.0 Å². The molecule has 0 radical (unpaired) electrons. The van der Waals surface area contributed by atoms with Gasteiger partial charge in [-0.2, -0.15) is 0 Å². The van der Waals surface area contributed by atoms with Crippen molar-refractivity contribution in [2.45, 2.75) is 25.9 Å². The van der Waals surface area contributed by atoms with Crippen LogP contribution in [0.1, 0.15) is 29.3 Å². The van der Waals surface area contributed by atoms with E-state index < -0.39 is 6.04 Å². The van der Waals surface area contributed by atoms with E-state index >= 15 is 0 Å². The summed E-state index contributed by atoms with van der Waals surface area (Å²) < 4.78 is 4.93. The van der Waals surface area contributed by atoms with Gasteiger partial charge < -0.3 is 15.0 Å². The Morgan fingerprint density at radius 3 is 2.90 bits per heavy atom. The van der Waals surface area contributed by atoms with E-state index in [-0.39, 0.29) is 11.8 Å². The van der Waals surface area contributed by atoms with Gasteiger partial charge in [0, 0.05) is 32.4 Å². The van der Waals surface area contributed by atoms with Crippen LogP contribution in [-0.4, -0.2) is 43.0 Å². The van der Waals surface area contributed by atoms with E-state index in [4.69, 9.17) is 4.74 Å². The highest BCUT2D eigenvalue weighted by atomic mass is 16.5. The summed E-state index contributed by atoms with van der Waals surface area (Å²) in [4.78, 5) is 25.9. The molecule has 2 rings (SSSR count). The number of nitrogens with zero attached hydrogens (tertiary/aromatic N) is 1. The van der Waals surface area contributed by atoms with Crippen LogP contribution < -0.4 is 5.32 Å². The summed E-state index contributed by atoms with van der Waals surface area (Å²) in [5, 5.41) is 2.83. The molecule has 0 aliphatic carbocycles. The molecule has 1 aromatic rings. The summed E-state index contributed by atoms with van der Waals surface area (Å²) in [7, 11) is 1.63. The highest BCUT2D eigenvalue weighted by Gasteiger charge is 2.33. The van der Waals surface area contributed by atoms with Gasteiger partial charge in [-0.3, -0.25) is 9.59 Å². The van der Waals surface area contributed by atoms with Crippen molar-refractivity contribution in [3.8, 4) is 0 Å². The first-order valence-electron chi connectivity index (χ1n) is 6.80. The first-order chi connectivity index (χ1) is 9.65. The number of ether oxygens (including phenoxy) is 1. The minimum Gasteiger partial charge on any atom is -0.385 e. The first-order valence-corrected chi connectivity index (χ1v) is 6.80. The van der Waals surface area contributed by atoms with Gasteiger partial charge in [-0.15, -0.1) is 0 Å². The van der Waals surface area contributed by atoms with Crippen LogP contribution in [-0.2, 0) is 16.1 Å². The number of hydrogen-bond donors (Lipinski definition) is 1. The van der Waals surface area contributed by atoms with Crippen molar-refractivity contribution in [2.24, 2.45) is 0 Å². The third-order valence-corrected chi connectivity index (χ3v) is 3.52. The number of benzene rings is 1. The third kappa shape index (κ3) is 2.99. The largest absolute Gasteiger partial charge is 0.385 e. The third-order valence-electron chi connectivity index (χ3n) is 3.52. The molecule has 0 unspecified atom stereocenters. The molecule has 1 atom stereocenters. The van der Waals surface area contributed by atoms with Gasteiger partial charge in [0.1, 0.15) is 6.04 Å². The Hall–Kier alpha value is -1.88. The summed E-state index contributed by atoms with van der Waals surface area (Å²) in [5.41, 5.74) is 1.68. The SMILES string of the molecule is COCCCNC(=O)[C@H](C)N1Cc2ccccc2C1=O. The Kier molecular flexibility index (Phi) is 4.74. The lowest BCUT2D eigenvalue weighted by Gasteiger charge is -2.23. The lowest BCUT2D eigenvalue weighted by Crippen LogP contribution is -2.45. The molecule has 1 aromatic carbocycles. The summed E-state index contributed by atoms with van der Waals surface area (Å²) in [6.07, 6.45) is 0.767. The van der Waals surface area contributed by atoms with Gasteiger partial charge in [0.15, 0.2) is 0 Å². The maximum absolute atomic E-state index is 12.2. The van der Waals surface area contributed by atoms with Gasteiger partial charge in [-0.05, 0) is 25.0 Å². The average molecular weight is 276 g/mol. The van der Waals surface area contributed by atoms with Crippen molar-refractivity contribution < 1.29 is 14.3 Å². The predicted octanol–water partition coefficient (Wildman–Crippen LogP) is 1.18. The van der Waals surface area contributed by atoms with Crippen LogP contribution in [0.15, 0.2) is 24.3 Å². The predicted molar refractivity (Wildman–Crippen MR) is 75.3 cm³/mol. The average Bonchev–Trinajstić information content (AvgIpc) is 2.80. The molecule has 0 fully saturated rings. The van der Waals surface area contributed by atoms with E-state index in [0.29, 0.717) is 25.3 Å². The maximum Gasteiger partial charge on any atom is 0.255 e. The number of rotatable bonds is 6. The van der Waals surface area contributed by atoms with E-state index in [1.165, 1.54) is 0 Å². The number of methoxy groups -OCH3 is 1. The van der Waals surface area contributed by atoms with Crippen LogP contribution in [0, 0.1) is 0 Å². The zero-order valence-corrected chi connectivity index (χ0v) is 11.9. The molecule has 1 aliphatic heterocycles. The number of amides is 2. The van der Waals surface area contributed by atoms with Gasteiger partial charge in [0.2, 0.25) is 5.91 Å². The van der Waals surface area contributed by atoms with E-state index in [1.807, 2.05) is 18.2 Å². The number of carbonyl (C=O) groups is 2. The molecule has 1 N–H and O–H groups in total. The molecule has 0 saturated carbocycles. The molecule has 5 nitrogen and oxygen atoms in total. The zero-order valence-electron chi connectivity index (χ0n) is 11.9. The number of hydrogen-bond acceptors (Lipinski definition) is 3. The second-order valence-corrected chi connectivity index (χ2v) is 4.90. The maximum atomic E-state index is 12.2. The monoisotopic (exact) mass is 276 g/mol. The van der Waals surface area contributed by atoms with Crippen LogP contribution in [0.4, 0.5) is 0 Å². The summed E-state index contributed by atoms with van der Waals surface area (Å²) >= 11 is 0. The van der Waals surface area contributed by atoms with Crippen molar-refractivity contribution in [1.82, 2.24) is 10.2 Å². The normalized spacial score (nSPS) is 15.1. The van der Waals surface area contributed by atoms with E-state index in [2.05, 4.69) is 5.32 Å². The van der Waals surface area contributed by atoms with Gasteiger partial charge in [-0.1, -0.05) is 18.2 Å². The molecule has 20 heavy (non-hydrogen) atoms. The Morgan fingerprint density at radius 1 is 1.45 bits per heavy atom. The summed E-state index contributed by atoms with van der Waals surface area (Å²) in [6.45, 7) is 3.44. The Bertz CT molecular complexity index is 502. The zero-order chi connectivity index (χ0) is 14.5. The second-order valence-electron chi connectivity index (χ2n) is 4.90. The molecule has 2 amide bonds. The quantitative estimate of drug-likeness (QED) is 0.794. The van der Waals surface area contributed by atoms with Crippen LogP contribution in [0.5, 0.6) is 0 Å². The van der Waals surface area contributed by atoms with Gasteiger partial charge in [0.05, 0.1) is 0 Å². The van der Waals surface area contributed by atoms with Gasteiger partial charge in [-0.25, -0.2) is 0 Å². The van der Waals surface area contributed by atoms with Crippen molar-refractivity contribution >= 4 is 11.8 Å².